The Balaban J connectivity index is 2.51. The zero-order chi connectivity index (χ0) is 13.5. The number of aromatic nitrogens is 1. The molecule has 1 heterocycles. The third-order valence-corrected chi connectivity index (χ3v) is 2.63. The normalized spacial score (nSPS) is 11.8. The van der Waals surface area contributed by atoms with E-state index in [1.165, 1.54) is 0 Å². The van der Waals surface area contributed by atoms with Gasteiger partial charge in [-0.15, -0.1) is 0 Å². The van der Waals surface area contributed by atoms with Gasteiger partial charge in [0, 0.05) is 29.8 Å². The van der Waals surface area contributed by atoms with Crippen LogP contribution in [0.1, 0.15) is 31.1 Å². The average molecular weight is 246 g/mol. The van der Waals surface area contributed by atoms with Gasteiger partial charge in [-0.05, 0) is 39.0 Å². The Kier molecular flexibility index (Phi) is 2.81. The second kappa shape index (κ2) is 4.05. The molecule has 0 unspecified atom stereocenters. The van der Waals surface area contributed by atoms with E-state index < -0.39 is 5.60 Å². The minimum atomic E-state index is -0.500. The van der Waals surface area contributed by atoms with E-state index in [1.54, 1.807) is 12.3 Å². The molecule has 0 aliphatic heterocycles. The number of ether oxygens (including phenoxy) is 1. The maximum Gasteiger partial charge on any atom is 0.340 e. The number of esters is 1. The topological polar surface area (TPSA) is 57.2 Å². The molecule has 0 spiro atoms. The van der Waals surface area contributed by atoms with E-state index in [0.717, 1.165) is 10.9 Å². The van der Waals surface area contributed by atoms with Gasteiger partial charge in [0.25, 0.3) is 0 Å². The molecule has 2 aromatic rings. The minimum absolute atomic E-state index is 0.321. The number of nitrogens with two attached hydrogens (primary N) is 1. The molecule has 0 radical (unpaired) electrons. The van der Waals surface area contributed by atoms with Gasteiger partial charge in [-0.3, -0.25) is 0 Å². The summed E-state index contributed by atoms with van der Waals surface area (Å²) in [5, 5.41) is 0.826. The van der Waals surface area contributed by atoms with Crippen molar-refractivity contribution in [1.29, 1.82) is 0 Å². The Labute approximate surface area is 106 Å². The molecular weight excluding hydrogens is 228 g/mol. The van der Waals surface area contributed by atoms with Crippen LogP contribution in [0.2, 0.25) is 0 Å². The van der Waals surface area contributed by atoms with Crippen LogP contribution in [0.5, 0.6) is 0 Å². The third kappa shape index (κ3) is 2.32. The highest BCUT2D eigenvalue weighted by Crippen LogP contribution is 2.25. The number of fused-ring (bicyclic) bond motifs is 1. The summed E-state index contributed by atoms with van der Waals surface area (Å²) in [6, 6.07) is 5.52. The number of benzene rings is 1. The number of hydrogen-bond donors (Lipinski definition) is 1. The van der Waals surface area contributed by atoms with E-state index in [-0.39, 0.29) is 5.97 Å². The summed E-state index contributed by atoms with van der Waals surface area (Å²) in [4.78, 5) is 12.1. The fraction of sp³-hybridized carbons (Fsp3) is 0.357. The molecule has 0 amide bonds. The standard InChI is InChI=1S/C14H18N2O2/c1-14(2,3)18-13(17)11-8-16(4)12-6-5-9(15)7-10(11)12/h5-8H,15H2,1-4H3. The number of aryl methyl sites for hydroxylation is 1. The van der Waals surface area contributed by atoms with Crippen molar-refractivity contribution in [3.05, 3.63) is 30.0 Å². The van der Waals surface area contributed by atoms with Crippen LogP contribution in [0.25, 0.3) is 10.9 Å². The van der Waals surface area contributed by atoms with Crippen LogP contribution in [0.15, 0.2) is 24.4 Å². The van der Waals surface area contributed by atoms with Crippen LogP contribution in [-0.4, -0.2) is 16.1 Å². The molecule has 18 heavy (non-hydrogen) atoms. The zero-order valence-corrected chi connectivity index (χ0v) is 11.2. The van der Waals surface area contributed by atoms with E-state index in [2.05, 4.69) is 0 Å². The van der Waals surface area contributed by atoms with Crippen LogP contribution >= 0.6 is 0 Å². The van der Waals surface area contributed by atoms with Crippen molar-refractivity contribution in [2.45, 2.75) is 26.4 Å². The molecule has 2 rings (SSSR count). The lowest BCUT2D eigenvalue weighted by Crippen LogP contribution is -2.23. The fourth-order valence-corrected chi connectivity index (χ4v) is 1.91. The smallest absolute Gasteiger partial charge is 0.340 e. The van der Waals surface area contributed by atoms with Gasteiger partial charge in [-0.2, -0.15) is 0 Å². The quantitative estimate of drug-likeness (QED) is 0.621. The Bertz CT molecular complexity index is 606. The first-order chi connectivity index (χ1) is 8.28. The van der Waals surface area contributed by atoms with Crippen LogP contribution in [0.3, 0.4) is 0 Å². The molecule has 0 saturated heterocycles. The number of anilines is 1. The average Bonchev–Trinajstić information content (AvgIpc) is 2.53. The highest BCUT2D eigenvalue weighted by atomic mass is 16.6. The lowest BCUT2D eigenvalue weighted by atomic mass is 10.1. The third-order valence-electron chi connectivity index (χ3n) is 2.63. The monoisotopic (exact) mass is 246 g/mol. The molecular formula is C14H18N2O2. The van der Waals surface area contributed by atoms with Crippen molar-refractivity contribution in [2.75, 3.05) is 5.73 Å². The number of hydrogen-bond acceptors (Lipinski definition) is 3. The molecule has 1 aromatic heterocycles. The number of nitrogen functional groups attached to an aromatic ring is 1. The predicted octanol–water partition coefficient (Wildman–Crippen LogP) is 2.72. The van der Waals surface area contributed by atoms with Crippen LogP contribution in [0, 0.1) is 0 Å². The van der Waals surface area contributed by atoms with E-state index in [4.69, 9.17) is 10.5 Å². The van der Waals surface area contributed by atoms with Gasteiger partial charge in [0.05, 0.1) is 5.56 Å². The zero-order valence-electron chi connectivity index (χ0n) is 11.2. The number of rotatable bonds is 1. The summed E-state index contributed by atoms with van der Waals surface area (Å²) < 4.78 is 7.29. The van der Waals surface area contributed by atoms with Gasteiger partial charge in [-0.25, -0.2) is 4.79 Å². The fourth-order valence-electron chi connectivity index (χ4n) is 1.91. The van der Waals surface area contributed by atoms with Gasteiger partial charge in [-0.1, -0.05) is 0 Å². The van der Waals surface area contributed by atoms with Crippen LogP contribution < -0.4 is 5.73 Å². The number of nitrogens with zero attached hydrogens (tertiary/aromatic N) is 1. The van der Waals surface area contributed by atoms with E-state index in [0.29, 0.717) is 11.3 Å². The van der Waals surface area contributed by atoms with Crippen molar-refractivity contribution in [3.63, 3.8) is 0 Å². The molecule has 0 saturated carbocycles. The van der Waals surface area contributed by atoms with Crippen molar-refractivity contribution < 1.29 is 9.53 Å². The summed E-state index contributed by atoms with van der Waals surface area (Å²) in [6.45, 7) is 5.55. The maximum absolute atomic E-state index is 12.1. The molecule has 0 atom stereocenters. The lowest BCUT2D eigenvalue weighted by molar-refractivity contribution is 0.00717. The van der Waals surface area contributed by atoms with Crippen molar-refractivity contribution in [3.8, 4) is 0 Å². The van der Waals surface area contributed by atoms with E-state index in [9.17, 15) is 4.79 Å². The summed E-state index contributed by atoms with van der Waals surface area (Å²) in [5.74, 6) is -0.321. The molecule has 1 aromatic carbocycles. The highest BCUT2D eigenvalue weighted by molar-refractivity contribution is 6.05. The van der Waals surface area contributed by atoms with E-state index in [1.807, 2.05) is 44.5 Å². The molecule has 0 aliphatic rings. The molecule has 0 aliphatic carbocycles. The Morgan fingerprint density at radius 3 is 2.61 bits per heavy atom. The summed E-state index contributed by atoms with van der Waals surface area (Å²) >= 11 is 0. The minimum Gasteiger partial charge on any atom is -0.456 e. The van der Waals surface area contributed by atoms with Crippen molar-refractivity contribution in [2.24, 2.45) is 7.05 Å². The van der Waals surface area contributed by atoms with Gasteiger partial charge in [0.2, 0.25) is 0 Å². The number of carbonyl (C=O) groups is 1. The maximum atomic E-state index is 12.1. The Morgan fingerprint density at radius 2 is 2.00 bits per heavy atom. The van der Waals surface area contributed by atoms with E-state index >= 15 is 0 Å². The Morgan fingerprint density at radius 1 is 1.33 bits per heavy atom. The van der Waals surface area contributed by atoms with Crippen molar-refractivity contribution in [1.82, 2.24) is 4.57 Å². The first kappa shape index (κ1) is 12.5. The largest absolute Gasteiger partial charge is 0.456 e. The SMILES string of the molecule is Cn1cc(C(=O)OC(C)(C)C)c2cc(N)ccc21. The number of carbonyl (C=O) groups excluding carboxylic acids is 1. The summed E-state index contributed by atoms with van der Waals surface area (Å²) in [5.41, 5.74) is 7.42. The molecule has 2 N–H and O–H groups in total. The summed E-state index contributed by atoms with van der Waals surface area (Å²) in [7, 11) is 1.90. The van der Waals surface area contributed by atoms with Gasteiger partial charge < -0.3 is 15.0 Å². The van der Waals surface area contributed by atoms with Gasteiger partial charge in [0.15, 0.2) is 0 Å². The predicted molar refractivity (Wildman–Crippen MR) is 72.5 cm³/mol. The first-order valence-electron chi connectivity index (χ1n) is 5.86. The van der Waals surface area contributed by atoms with Gasteiger partial charge >= 0.3 is 5.97 Å². The van der Waals surface area contributed by atoms with Crippen molar-refractivity contribution >= 4 is 22.6 Å². The van der Waals surface area contributed by atoms with Crippen LogP contribution in [0.4, 0.5) is 5.69 Å². The lowest BCUT2D eigenvalue weighted by Gasteiger charge is -2.19. The molecule has 0 fully saturated rings. The second-order valence-corrected chi connectivity index (χ2v) is 5.43. The Hall–Kier alpha value is -1.97. The molecule has 0 bridgehead atoms. The van der Waals surface area contributed by atoms with Gasteiger partial charge in [0.1, 0.15) is 5.60 Å². The molecule has 4 heteroatoms. The van der Waals surface area contributed by atoms with Crippen LogP contribution in [-0.2, 0) is 11.8 Å². The highest BCUT2D eigenvalue weighted by Gasteiger charge is 2.21. The first-order valence-corrected chi connectivity index (χ1v) is 5.86. The molecule has 4 nitrogen and oxygen atoms in total. The second-order valence-electron chi connectivity index (χ2n) is 5.43. The molecule has 96 valence electrons. The summed E-state index contributed by atoms with van der Waals surface area (Å²) in [6.07, 6.45) is 1.78.